The first-order valence-corrected chi connectivity index (χ1v) is 7.06. The van der Waals surface area contributed by atoms with Crippen LogP contribution in [-0.2, 0) is 10.2 Å². The number of likely N-dealkylation sites (N-methyl/N-ethyl adjacent to an activating group) is 1. The lowest BCUT2D eigenvalue weighted by atomic mass is 9.86. The molecule has 106 valence electrons. The Labute approximate surface area is 116 Å². The van der Waals surface area contributed by atoms with E-state index in [2.05, 4.69) is 56.9 Å². The van der Waals surface area contributed by atoms with Crippen LogP contribution < -0.4 is 0 Å². The Kier molecular flexibility index (Phi) is 4.29. The number of hydrogen-bond acceptors (Lipinski definition) is 3. The van der Waals surface area contributed by atoms with E-state index in [-0.39, 0.29) is 24.4 Å². The quantitative estimate of drug-likeness (QED) is 0.910. The zero-order valence-corrected chi connectivity index (χ0v) is 12.4. The average Bonchev–Trinajstić information content (AvgIpc) is 2.81. The molecule has 1 saturated heterocycles. The lowest BCUT2D eigenvalue weighted by Crippen LogP contribution is -2.25. The first kappa shape index (κ1) is 14.5. The van der Waals surface area contributed by atoms with Crippen molar-refractivity contribution in [2.24, 2.45) is 0 Å². The first-order chi connectivity index (χ1) is 8.95. The predicted octanol–water partition coefficient (Wildman–Crippen LogP) is 2.70. The van der Waals surface area contributed by atoms with Crippen LogP contribution in [0, 0.1) is 0 Å². The minimum absolute atomic E-state index is 0.0174. The summed E-state index contributed by atoms with van der Waals surface area (Å²) in [7, 11) is 0. The van der Waals surface area contributed by atoms with E-state index in [1.807, 2.05) is 0 Å². The maximum atomic E-state index is 9.24. The summed E-state index contributed by atoms with van der Waals surface area (Å²) in [5.41, 5.74) is 2.68. The highest BCUT2D eigenvalue weighted by Gasteiger charge is 2.32. The Morgan fingerprint density at radius 2 is 1.89 bits per heavy atom. The summed E-state index contributed by atoms with van der Waals surface area (Å²) in [5, 5.41) is 9.24. The molecule has 0 aromatic heterocycles. The molecular formula is C16H25NO2. The van der Waals surface area contributed by atoms with Crippen LogP contribution >= 0.6 is 0 Å². The number of benzene rings is 1. The van der Waals surface area contributed by atoms with E-state index in [1.54, 1.807) is 0 Å². The van der Waals surface area contributed by atoms with Gasteiger partial charge in [-0.15, -0.1) is 0 Å². The minimum Gasteiger partial charge on any atom is -0.394 e. The van der Waals surface area contributed by atoms with E-state index in [1.165, 1.54) is 11.1 Å². The minimum atomic E-state index is -0.0627. The molecule has 2 rings (SSSR count). The van der Waals surface area contributed by atoms with Gasteiger partial charge < -0.3 is 9.84 Å². The molecule has 0 radical (unpaired) electrons. The number of aliphatic hydroxyl groups excluding tert-OH is 1. The Morgan fingerprint density at radius 1 is 1.26 bits per heavy atom. The van der Waals surface area contributed by atoms with Crippen molar-refractivity contribution in [2.45, 2.75) is 45.4 Å². The highest BCUT2D eigenvalue weighted by Crippen LogP contribution is 2.31. The van der Waals surface area contributed by atoms with Gasteiger partial charge in [-0.1, -0.05) is 52.0 Å². The number of hydrogen-bond donors (Lipinski definition) is 1. The molecule has 0 bridgehead atoms. The van der Waals surface area contributed by atoms with Gasteiger partial charge >= 0.3 is 0 Å². The van der Waals surface area contributed by atoms with E-state index in [0.29, 0.717) is 0 Å². The molecule has 0 saturated carbocycles. The maximum absolute atomic E-state index is 9.24. The van der Waals surface area contributed by atoms with Crippen molar-refractivity contribution in [2.75, 3.05) is 19.7 Å². The molecule has 2 unspecified atom stereocenters. The normalized spacial score (nSPS) is 24.9. The van der Waals surface area contributed by atoms with Crippen molar-refractivity contribution in [3.05, 3.63) is 35.4 Å². The third-order valence-corrected chi connectivity index (χ3v) is 3.76. The molecule has 0 aliphatic carbocycles. The van der Waals surface area contributed by atoms with Gasteiger partial charge in [-0.05, 0) is 23.1 Å². The number of aliphatic hydroxyl groups is 1. The molecule has 1 aliphatic heterocycles. The van der Waals surface area contributed by atoms with Crippen molar-refractivity contribution in [1.29, 1.82) is 0 Å². The summed E-state index contributed by atoms with van der Waals surface area (Å²) in [4.78, 5) is 2.26. The second-order valence-corrected chi connectivity index (χ2v) is 6.25. The molecule has 1 aromatic rings. The topological polar surface area (TPSA) is 32.7 Å². The SMILES string of the molecule is CCN1CC(CO)OC1c1ccc(C(C)(C)C)cc1. The molecule has 2 atom stereocenters. The number of rotatable bonds is 3. The van der Waals surface area contributed by atoms with Crippen molar-refractivity contribution in [3.63, 3.8) is 0 Å². The molecule has 3 heteroatoms. The largest absolute Gasteiger partial charge is 0.394 e. The van der Waals surface area contributed by atoms with Gasteiger partial charge in [-0.25, -0.2) is 0 Å². The van der Waals surface area contributed by atoms with E-state index in [9.17, 15) is 5.11 Å². The van der Waals surface area contributed by atoms with Crippen molar-refractivity contribution < 1.29 is 9.84 Å². The fraction of sp³-hybridized carbons (Fsp3) is 0.625. The molecule has 3 nitrogen and oxygen atoms in total. The van der Waals surface area contributed by atoms with Gasteiger partial charge in [-0.3, -0.25) is 4.90 Å². The molecule has 0 spiro atoms. The van der Waals surface area contributed by atoms with Crippen LogP contribution in [0.1, 0.15) is 45.0 Å². The summed E-state index contributed by atoms with van der Waals surface area (Å²) in [6.45, 7) is 10.6. The summed E-state index contributed by atoms with van der Waals surface area (Å²) in [5.74, 6) is 0. The second-order valence-electron chi connectivity index (χ2n) is 6.25. The van der Waals surface area contributed by atoms with Gasteiger partial charge in [0.1, 0.15) is 6.23 Å². The van der Waals surface area contributed by atoms with Gasteiger partial charge in [0, 0.05) is 6.54 Å². The summed E-state index contributed by atoms with van der Waals surface area (Å²) in [6.07, 6.45) is -0.0802. The Morgan fingerprint density at radius 3 is 2.37 bits per heavy atom. The molecule has 1 heterocycles. The van der Waals surface area contributed by atoms with Gasteiger partial charge in [0.25, 0.3) is 0 Å². The lowest BCUT2D eigenvalue weighted by Gasteiger charge is -2.23. The summed E-state index contributed by atoms with van der Waals surface area (Å²) >= 11 is 0. The molecule has 1 aliphatic rings. The van der Waals surface area contributed by atoms with Crippen LogP contribution in [0.4, 0.5) is 0 Å². The van der Waals surface area contributed by atoms with Crippen LogP contribution in [0.15, 0.2) is 24.3 Å². The lowest BCUT2D eigenvalue weighted by molar-refractivity contribution is -0.0184. The van der Waals surface area contributed by atoms with Crippen LogP contribution in [0.5, 0.6) is 0 Å². The smallest absolute Gasteiger partial charge is 0.137 e. The first-order valence-electron chi connectivity index (χ1n) is 7.06. The Hall–Kier alpha value is -0.900. The fourth-order valence-electron chi connectivity index (χ4n) is 2.50. The van der Waals surface area contributed by atoms with E-state index in [4.69, 9.17) is 4.74 Å². The van der Waals surface area contributed by atoms with E-state index < -0.39 is 0 Å². The zero-order chi connectivity index (χ0) is 14.0. The van der Waals surface area contributed by atoms with Crippen molar-refractivity contribution >= 4 is 0 Å². The second kappa shape index (κ2) is 5.61. The summed E-state index contributed by atoms with van der Waals surface area (Å²) < 4.78 is 5.90. The van der Waals surface area contributed by atoms with Crippen molar-refractivity contribution in [1.82, 2.24) is 4.90 Å². The van der Waals surface area contributed by atoms with Gasteiger partial charge in [0.05, 0.1) is 12.7 Å². The Bertz CT molecular complexity index is 408. The highest BCUT2D eigenvalue weighted by atomic mass is 16.5. The van der Waals surface area contributed by atoms with Crippen LogP contribution in [-0.4, -0.2) is 35.8 Å². The average molecular weight is 263 g/mol. The standard InChI is InChI=1S/C16H25NO2/c1-5-17-10-14(11-18)19-15(17)12-6-8-13(9-7-12)16(2,3)4/h6-9,14-15,18H,5,10-11H2,1-4H3. The zero-order valence-electron chi connectivity index (χ0n) is 12.4. The van der Waals surface area contributed by atoms with Crippen LogP contribution in [0.25, 0.3) is 0 Å². The molecular weight excluding hydrogens is 238 g/mol. The maximum Gasteiger partial charge on any atom is 0.137 e. The molecule has 1 N–H and O–H groups in total. The number of ether oxygens (including phenoxy) is 1. The molecule has 1 aromatic carbocycles. The molecule has 19 heavy (non-hydrogen) atoms. The summed E-state index contributed by atoms with van der Waals surface area (Å²) in [6, 6.07) is 8.65. The van der Waals surface area contributed by atoms with E-state index >= 15 is 0 Å². The third-order valence-electron chi connectivity index (χ3n) is 3.76. The van der Waals surface area contributed by atoms with Gasteiger partial charge in [-0.2, -0.15) is 0 Å². The fourth-order valence-corrected chi connectivity index (χ4v) is 2.50. The van der Waals surface area contributed by atoms with Gasteiger partial charge in [0.2, 0.25) is 0 Å². The Balaban J connectivity index is 2.17. The molecule has 1 fully saturated rings. The number of nitrogens with zero attached hydrogens (tertiary/aromatic N) is 1. The van der Waals surface area contributed by atoms with Crippen molar-refractivity contribution in [3.8, 4) is 0 Å². The molecule has 0 amide bonds. The van der Waals surface area contributed by atoms with Crippen LogP contribution in [0.2, 0.25) is 0 Å². The van der Waals surface area contributed by atoms with E-state index in [0.717, 1.165) is 13.1 Å². The highest BCUT2D eigenvalue weighted by molar-refractivity contribution is 5.29. The van der Waals surface area contributed by atoms with Gasteiger partial charge in [0.15, 0.2) is 0 Å². The van der Waals surface area contributed by atoms with Crippen LogP contribution in [0.3, 0.4) is 0 Å². The monoisotopic (exact) mass is 263 g/mol. The third kappa shape index (κ3) is 3.16. The predicted molar refractivity (Wildman–Crippen MR) is 77.1 cm³/mol.